The molecule has 1 amide bonds. The largest absolute Gasteiger partial charge is 0.418 e. The van der Waals surface area contributed by atoms with Crippen LogP contribution in [-0.2, 0) is 11.0 Å². The Morgan fingerprint density at radius 2 is 2.20 bits per heavy atom. The van der Waals surface area contributed by atoms with E-state index in [2.05, 4.69) is 10.3 Å². The SMILES string of the molecule is CC[C@@H](C)Sc1ccc(NC(=O)/C=C/c2cscn2)c(C(F)(F)F)c1. The number of hydrogen-bond acceptors (Lipinski definition) is 4. The second-order valence-corrected chi connectivity index (χ2v) is 7.51. The van der Waals surface area contributed by atoms with Crippen molar-refractivity contribution in [1.82, 2.24) is 4.98 Å². The van der Waals surface area contributed by atoms with Gasteiger partial charge in [0.2, 0.25) is 5.91 Å². The predicted molar refractivity (Wildman–Crippen MR) is 96.8 cm³/mol. The highest BCUT2D eigenvalue weighted by Crippen LogP contribution is 2.38. The normalized spacial score (nSPS) is 13.2. The lowest BCUT2D eigenvalue weighted by Gasteiger charge is -2.16. The number of anilines is 1. The summed E-state index contributed by atoms with van der Waals surface area (Å²) in [4.78, 5) is 16.4. The molecule has 1 heterocycles. The number of alkyl halides is 3. The molecule has 1 atom stereocenters. The van der Waals surface area contributed by atoms with Gasteiger partial charge in [-0.25, -0.2) is 4.98 Å². The van der Waals surface area contributed by atoms with Crippen molar-refractivity contribution < 1.29 is 18.0 Å². The van der Waals surface area contributed by atoms with Crippen LogP contribution in [-0.4, -0.2) is 16.1 Å². The van der Waals surface area contributed by atoms with E-state index in [9.17, 15) is 18.0 Å². The number of thiazole rings is 1. The number of amides is 1. The molecule has 2 rings (SSSR count). The first-order valence-corrected chi connectivity index (χ1v) is 9.37. The lowest BCUT2D eigenvalue weighted by Crippen LogP contribution is -2.15. The Morgan fingerprint density at radius 1 is 1.44 bits per heavy atom. The van der Waals surface area contributed by atoms with Crippen LogP contribution in [0, 0.1) is 0 Å². The van der Waals surface area contributed by atoms with Gasteiger partial charge >= 0.3 is 6.18 Å². The molecule has 0 saturated heterocycles. The fourth-order valence-corrected chi connectivity index (χ4v) is 3.38. The molecule has 0 fully saturated rings. The first-order chi connectivity index (χ1) is 11.8. The summed E-state index contributed by atoms with van der Waals surface area (Å²) < 4.78 is 40.0. The van der Waals surface area contributed by atoms with E-state index in [-0.39, 0.29) is 10.9 Å². The van der Waals surface area contributed by atoms with Crippen LogP contribution >= 0.6 is 23.1 Å². The highest BCUT2D eigenvalue weighted by atomic mass is 32.2. The van der Waals surface area contributed by atoms with Crippen molar-refractivity contribution in [1.29, 1.82) is 0 Å². The molecule has 0 unspecified atom stereocenters. The van der Waals surface area contributed by atoms with Gasteiger partial charge in [0.25, 0.3) is 0 Å². The smallest absolute Gasteiger partial charge is 0.322 e. The molecule has 0 bridgehead atoms. The number of thioether (sulfide) groups is 1. The number of carbonyl (C=O) groups is 1. The maximum atomic E-state index is 13.3. The molecule has 134 valence electrons. The molecule has 0 radical (unpaired) electrons. The zero-order valence-corrected chi connectivity index (χ0v) is 15.3. The average Bonchev–Trinajstić information content (AvgIpc) is 3.06. The Bertz CT molecular complexity index is 743. The fourth-order valence-electron chi connectivity index (χ4n) is 1.90. The number of aromatic nitrogens is 1. The van der Waals surface area contributed by atoms with Gasteiger partial charge in [-0.05, 0) is 30.7 Å². The summed E-state index contributed by atoms with van der Waals surface area (Å²) in [5.74, 6) is -0.638. The van der Waals surface area contributed by atoms with E-state index in [0.717, 1.165) is 18.6 Å². The Labute approximate surface area is 152 Å². The topological polar surface area (TPSA) is 42.0 Å². The molecule has 1 N–H and O–H groups in total. The van der Waals surface area contributed by atoms with Gasteiger partial charge in [0.15, 0.2) is 0 Å². The summed E-state index contributed by atoms with van der Waals surface area (Å²) >= 11 is 2.74. The molecular weight excluding hydrogens is 369 g/mol. The van der Waals surface area contributed by atoms with Gasteiger partial charge < -0.3 is 5.32 Å². The van der Waals surface area contributed by atoms with Gasteiger partial charge in [-0.1, -0.05) is 13.8 Å². The minimum absolute atomic E-state index is 0.211. The fraction of sp³-hybridized carbons (Fsp3) is 0.294. The number of halogens is 3. The summed E-state index contributed by atoms with van der Waals surface area (Å²) in [7, 11) is 0. The van der Waals surface area contributed by atoms with Gasteiger partial charge in [-0.2, -0.15) is 13.2 Å². The van der Waals surface area contributed by atoms with Crippen LogP contribution in [0.15, 0.2) is 40.1 Å². The van der Waals surface area contributed by atoms with Crippen molar-refractivity contribution >= 4 is 40.8 Å². The van der Waals surface area contributed by atoms with E-state index >= 15 is 0 Å². The van der Waals surface area contributed by atoms with Crippen LogP contribution in [0.4, 0.5) is 18.9 Å². The van der Waals surface area contributed by atoms with E-state index in [1.165, 1.54) is 35.2 Å². The Kier molecular flexibility index (Phi) is 6.66. The third-order valence-electron chi connectivity index (χ3n) is 3.32. The molecular formula is C17H17F3N2OS2. The number of rotatable bonds is 6. The van der Waals surface area contributed by atoms with E-state index < -0.39 is 17.6 Å². The lowest BCUT2D eigenvalue weighted by atomic mass is 10.1. The second kappa shape index (κ2) is 8.53. The van der Waals surface area contributed by atoms with Crippen LogP contribution in [0.25, 0.3) is 6.08 Å². The van der Waals surface area contributed by atoms with Gasteiger partial charge in [0.05, 0.1) is 22.5 Å². The van der Waals surface area contributed by atoms with Crippen LogP contribution in [0.2, 0.25) is 0 Å². The third-order valence-corrected chi connectivity index (χ3v) is 5.19. The number of benzene rings is 1. The number of carbonyl (C=O) groups excluding carboxylic acids is 1. The Morgan fingerprint density at radius 3 is 2.80 bits per heavy atom. The Balaban J connectivity index is 2.19. The van der Waals surface area contributed by atoms with E-state index in [0.29, 0.717) is 10.6 Å². The number of nitrogens with zero attached hydrogens (tertiary/aromatic N) is 1. The molecule has 8 heteroatoms. The van der Waals surface area contributed by atoms with Gasteiger partial charge in [0.1, 0.15) is 0 Å². The summed E-state index contributed by atoms with van der Waals surface area (Å²) in [6.07, 6.45) is -1.08. The quantitative estimate of drug-likeness (QED) is 0.511. The average molecular weight is 386 g/mol. The van der Waals surface area contributed by atoms with Crippen LogP contribution in [0.1, 0.15) is 31.5 Å². The number of nitrogens with one attached hydrogen (secondary N) is 1. The molecule has 25 heavy (non-hydrogen) atoms. The minimum atomic E-state index is -4.55. The predicted octanol–water partition coefficient (Wildman–Crippen LogP) is 5.70. The van der Waals surface area contributed by atoms with Crippen molar-refractivity contribution in [2.75, 3.05) is 5.32 Å². The second-order valence-electron chi connectivity index (χ2n) is 5.28. The molecule has 0 aliphatic heterocycles. The molecule has 0 aliphatic carbocycles. The lowest BCUT2D eigenvalue weighted by molar-refractivity contribution is -0.137. The van der Waals surface area contributed by atoms with Gasteiger partial charge in [-0.3, -0.25) is 4.79 Å². The molecule has 1 aromatic heterocycles. The third kappa shape index (κ3) is 5.89. The molecule has 1 aromatic carbocycles. The van der Waals surface area contributed by atoms with E-state index in [1.807, 2.05) is 13.8 Å². The molecule has 0 saturated carbocycles. The Hall–Kier alpha value is -1.80. The zero-order chi connectivity index (χ0) is 18.4. The molecule has 3 nitrogen and oxygen atoms in total. The van der Waals surface area contributed by atoms with Crippen molar-refractivity contribution in [2.24, 2.45) is 0 Å². The maximum absolute atomic E-state index is 13.3. The molecule has 2 aromatic rings. The first kappa shape index (κ1) is 19.5. The maximum Gasteiger partial charge on any atom is 0.418 e. The van der Waals surface area contributed by atoms with Gasteiger partial charge in [-0.15, -0.1) is 23.1 Å². The van der Waals surface area contributed by atoms with Crippen molar-refractivity contribution in [3.8, 4) is 0 Å². The van der Waals surface area contributed by atoms with Crippen LogP contribution in [0.5, 0.6) is 0 Å². The summed E-state index contributed by atoms with van der Waals surface area (Å²) in [6, 6.07) is 3.96. The first-order valence-electron chi connectivity index (χ1n) is 7.54. The highest BCUT2D eigenvalue weighted by molar-refractivity contribution is 7.99. The summed E-state index contributed by atoms with van der Waals surface area (Å²) in [5, 5.41) is 4.23. The summed E-state index contributed by atoms with van der Waals surface area (Å²) in [6.45, 7) is 3.93. The molecule has 0 spiro atoms. The van der Waals surface area contributed by atoms with Crippen molar-refractivity contribution in [3.05, 3.63) is 46.4 Å². The zero-order valence-electron chi connectivity index (χ0n) is 13.6. The highest BCUT2D eigenvalue weighted by Gasteiger charge is 2.34. The minimum Gasteiger partial charge on any atom is -0.322 e. The number of hydrogen-bond donors (Lipinski definition) is 1. The van der Waals surface area contributed by atoms with Gasteiger partial charge in [0, 0.05) is 21.6 Å². The monoisotopic (exact) mass is 386 g/mol. The van der Waals surface area contributed by atoms with E-state index in [4.69, 9.17) is 0 Å². The summed E-state index contributed by atoms with van der Waals surface area (Å²) in [5.41, 5.74) is 1.08. The van der Waals surface area contributed by atoms with Crippen molar-refractivity contribution in [2.45, 2.75) is 36.6 Å². The van der Waals surface area contributed by atoms with E-state index in [1.54, 1.807) is 17.0 Å². The molecule has 0 aliphatic rings. The van der Waals surface area contributed by atoms with Crippen LogP contribution in [0.3, 0.4) is 0 Å². The van der Waals surface area contributed by atoms with Crippen LogP contribution < -0.4 is 5.32 Å². The van der Waals surface area contributed by atoms with Crippen molar-refractivity contribution in [3.63, 3.8) is 0 Å². The standard InChI is InChI=1S/C17H17F3N2OS2/c1-3-11(2)25-13-5-6-15(14(8-13)17(18,19)20)22-16(23)7-4-12-9-24-10-21-12/h4-11H,3H2,1-2H3,(H,22,23)/b7-4+/t11-/m1/s1.